The number of para-hydroxylation sites is 1. The molecule has 3 aromatic rings. The van der Waals surface area contributed by atoms with Crippen LogP contribution < -0.4 is 0 Å². The van der Waals surface area contributed by atoms with Crippen molar-refractivity contribution in [2.75, 3.05) is 13.6 Å². The summed E-state index contributed by atoms with van der Waals surface area (Å²) in [4.78, 5) is 14.4. The summed E-state index contributed by atoms with van der Waals surface area (Å²) in [6, 6.07) is 19.6. The molecule has 116 valence electrons. The largest absolute Gasteiger partial charge is 0.342 e. The van der Waals surface area contributed by atoms with E-state index in [1.165, 1.54) is 0 Å². The Hall–Kier alpha value is -2.88. The van der Waals surface area contributed by atoms with Gasteiger partial charge in [0.25, 0.3) is 5.91 Å². The number of carbonyl (C=O) groups excluding carboxylic acids is 1. The first-order valence-corrected chi connectivity index (χ1v) is 7.66. The molecule has 3 rings (SSSR count). The van der Waals surface area contributed by atoms with Crippen LogP contribution in [-0.4, -0.2) is 34.2 Å². The molecule has 1 amide bonds. The first-order chi connectivity index (χ1) is 11.2. The molecule has 4 heteroatoms. The van der Waals surface area contributed by atoms with Gasteiger partial charge in [-0.3, -0.25) is 4.79 Å². The van der Waals surface area contributed by atoms with Gasteiger partial charge < -0.3 is 4.90 Å². The van der Waals surface area contributed by atoms with Crippen molar-refractivity contribution in [1.29, 1.82) is 0 Å². The molecule has 0 unspecified atom stereocenters. The monoisotopic (exact) mass is 305 g/mol. The number of hydrogen-bond acceptors (Lipinski definition) is 2. The maximum atomic E-state index is 12.7. The van der Waals surface area contributed by atoms with E-state index in [1.807, 2.05) is 73.8 Å². The number of benzene rings is 2. The maximum absolute atomic E-state index is 12.7. The molecule has 0 aliphatic carbocycles. The molecule has 0 N–H and O–H groups in total. The summed E-state index contributed by atoms with van der Waals surface area (Å²) < 4.78 is 1.76. The van der Waals surface area contributed by atoms with Gasteiger partial charge in [0, 0.05) is 25.4 Å². The molecule has 0 saturated heterocycles. The van der Waals surface area contributed by atoms with Crippen molar-refractivity contribution < 1.29 is 4.79 Å². The number of rotatable bonds is 4. The molecule has 1 aromatic heterocycles. The molecule has 0 radical (unpaired) electrons. The molecular weight excluding hydrogens is 286 g/mol. The van der Waals surface area contributed by atoms with E-state index in [-0.39, 0.29) is 5.91 Å². The second kappa shape index (κ2) is 6.48. The Morgan fingerprint density at radius 3 is 2.26 bits per heavy atom. The van der Waals surface area contributed by atoms with Crippen LogP contribution in [0.5, 0.6) is 0 Å². The number of hydrogen-bond donors (Lipinski definition) is 0. The normalized spacial score (nSPS) is 10.5. The average molecular weight is 305 g/mol. The smallest absolute Gasteiger partial charge is 0.257 e. The quantitative estimate of drug-likeness (QED) is 0.738. The second-order valence-corrected chi connectivity index (χ2v) is 5.36. The van der Waals surface area contributed by atoms with Crippen LogP contribution in [-0.2, 0) is 0 Å². The second-order valence-electron chi connectivity index (χ2n) is 5.36. The fourth-order valence-corrected chi connectivity index (χ4v) is 2.40. The highest BCUT2D eigenvalue weighted by atomic mass is 16.2. The predicted octanol–water partition coefficient (Wildman–Crippen LogP) is 3.63. The van der Waals surface area contributed by atoms with Gasteiger partial charge in [0.1, 0.15) is 5.69 Å². The zero-order chi connectivity index (χ0) is 16.2. The summed E-state index contributed by atoms with van der Waals surface area (Å²) in [6.07, 6.45) is 1.81. The minimum atomic E-state index is -0.0199. The third-order valence-electron chi connectivity index (χ3n) is 3.83. The summed E-state index contributed by atoms with van der Waals surface area (Å²) >= 11 is 0. The van der Waals surface area contributed by atoms with Crippen LogP contribution in [0.4, 0.5) is 0 Å². The molecule has 1 heterocycles. The van der Waals surface area contributed by atoms with E-state index >= 15 is 0 Å². The van der Waals surface area contributed by atoms with E-state index in [0.29, 0.717) is 17.8 Å². The van der Waals surface area contributed by atoms with Gasteiger partial charge in [0.05, 0.1) is 11.3 Å². The summed E-state index contributed by atoms with van der Waals surface area (Å²) in [7, 11) is 1.80. The van der Waals surface area contributed by atoms with Gasteiger partial charge in [-0.2, -0.15) is 5.10 Å². The first-order valence-electron chi connectivity index (χ1n) is 7.66. The maximum Gasteiger partial charge on any atom is 0.257 e. The van der Waals surface area contributed by atoms with Crippen LogP contribution in [0.2, 0.25) is 0 Å². The Kier molecular flexibility index (Phi) is 4.24. The first kappa shape index (κ1) is 15.0. The van der Waals surface area contributed by atoms with Crippen molar-refractivity contribution in [3.05, 3.63) is 72.4 Å². The zero-order valence-electron chi connectivity index (χ0n) is 13.3. The Morgan fingerprint density at radius 1 is 1.04 bits per heavy atom. The molecule has 0 atom stereocenters. The lowest BCUT2D eigenvalue weighted by atomic mass is 10.1. The molecule has 0 aliphatic heterocycles. The summed E-state index contributed by atoms with van der Waals surface area (Å²) in [5.74, 6) is -0.0199. The van der Waals surface area contributed by atoms with E-state index in [4.69, 9.17) is 0 Å². The van der Waals surface area contributed by atoms with Gasteiger partial charge in [-0.05, 0) is 19.1 Å². The molecule has 2 aromatic carbocycles. The standard InChI is InChI=1S/C19H19N3O/c1-3-21(2)19(23)17-14-22(16-12-8-5-9-13-16)20-18(17)15-10-6-4-7-11-15/h4-14H,3H2,1-2H3. The van der Waals surface area contributed by atoms with Crippen LogP contribution in [0.3, 0.4) is 0 Å². The average Bonchev–Trinajstić information content (AvgIpc) is 3.07. The van der Waals surface area contributed by atoms with Crippen molar-refractivity contribution in [3.8, 4) is 16.9 Å². The van der Waals surface area contributed by atoms with Crippen molar-refractivity contribution in [2.45, 2.75) is 6.92 Å². The highest BCUT2D eigenvalue weighted by molar-refractivity contribution is 5.99. The SMILES string of the molecule is CCN(C)C(=O)c1cn(-c2ccccc2)nc1-c1ccccc1. The lowest BCUT2D eigenvalue weighted by molar-refractivity contribution is 0.0803. The van der Waals surface area contributed by atoms with Crippen molar-refractivity contribution in [1.82, 2.24) is 14.7 Å². The fraction of sp³-hybridized carbons (Fsp3) is 0.158. The van der Waals surface area contributed by atoms with Crippen molar-refractivity contribution in [3.63, 3.8) is 0 Å². The third-order valence-corrected chi connectivity index (χ3v) is 3.83. The minimum Gasteiger partial charge on any atom is -0.342 e. The van der Waals surface area contributed by atoms with Crippen molar-refractivity contribution >= 4 is 5.91 Å². The molecule has 0 saturated carbocycles. The highest BCUT2D eigenvalue weighted by Crippen LogP contribution is 2.24. The van der Waals surface area contributed by atoms with Gasteiger partial charge in [-0.15, -0.1) is 0 Å². The molecular formula is C19H19N3O. The van der Waals surface area contributed by atoms with Gasteiger partial charge >= 0.3 is 0 Å². The van der Waals surface area contributed by atoms with Crippen molar-refractivity contribution in [2.24, 2.45) is 0 Å². The molecule has 23 heavy (non-hydrogen) atoms. The van der Waals surface area contributed by atoms with Crippen LogP contribution in [0.15, 0.2) is 66.9 Å². The Balaban J connectivity index is 2.13. The Bertz CT molecular complexity index is 794. The molecule has 0 spiro atoms. The minimum absolute atomic E-state index is 0.0199. The Labute approximate surface area is 136 Å². The number of carbonyl (C=O) groups is 1. The number of amides is 1. The molecule has 4 nitrogen and oxygen atoms in total. The van der Waals surface area contributed by atoms with E-state index in [9.17, 15) is 4.79 Å². The molecule has 0 bridgehead atoms. The van der Waals surface area contributed by atoms with Crippen LogP contribution >= 0.6 is 0 Å². The lowest BCUT2D eigenvalue weighted by Crippen LogP contribution is -2.26. The van der Waals surface area contributed by atoms with E-state index < -0.39 is 0 Å². The summed E-state index contributed by atoms with van der Waals surface area (Å²) in [5, 5.41) is 4.66. The van der Waals surface area contributed by atoms with Crippen LogP contribution in [0.1, 0.15) is 17.3 Å². The van der Waals surface area contributed by atoms with Gasteiger partial charge in [-0.1, -0.05) is 48.5 Å². The van der Waals surface area contributed by atoms with Gasteiger partial charge in [-0.25, -0.2) is 4.68 Å². The summed E-state index contributed by atoms with van der Waals surface area (Å²) in [5.41, 5.74) is 3.20. The summed E-state index contributed by atoms with van der Waals surface area (Å²) in [6.45, 7) is 2.62. The lowest BCUT2D eigenvalue weighted by Gasteiger charge is -2.13. The van der Waals surface area contributed by atoms with Crippen LogP contribution in [0, 0.1) is 0 Å². The highest BCUT2D eigenvalue weighted by Gasteiger charge is 2.20. The molecule has 0 aliphatic rings. The number of nitrogens with zero attached hydrogens (tertiary/aromatic N) is 3. The van der Waals surface area contributed by atoms with Gasteiger partial charge in [0.2, 0.25) is 0 Å². The van der Waals surface area contributed by atoms with E-state index in [2.05, 4.69) is 5.10 Å². The zero-order valence-corrected chi connectivity index (χ0v) is 13.3. The number of aromatic nitrogens is 2. The Morgan fingerprint density at radius 2 is 1.65 bits per heavy atom. The van der Waals surface area contributed by atoms with E-state index in [0.717, 1.165) is 11.3 Å². The fourth-order valence-electron chi connectivity index (χ4n) is 2.40. The van der Waals surface area contributed by atoms with Gasteiger partial charge in [0.15, 0.2) is 0 Å². The molecule has 0 fully saturated rings. The van der Waals surface area contributed by atoms with E-state index in [1.54, 1.807) is 16.6 Å². The predicted molar refractivity (Wildman–Crippen MR) is 91.6 cm³/mol. The topological polar surface area (TPSA) is 38.1 Å². The van der Waals surface area contributed by atoms with Crippen LogP contribution in [0.25, 0.3) is 16.9 Å². The third kappa shape index (κ3) is 3.01.